The highest BCUT2D eigenvalue weighted by atomic mass is 32.1. The number of hydrogen-bond donors (Lipinski definition) is 2. The van der Waals surface area contributed by atoms with Gasteiger partial charge in [-0.3, -0.25) is 9.59 Å². The lowest BCUT2D eigenvalue weighted by Gasteiger charge is -2.11. The molecular formula is C20H17FN2O2S. The van der Waals surface area contributed by atoms with Crippen molar-refractivity contribution < 1.29 is 14.0 Å². The van der Waals surface area contributed by atoms with Crippen molar-refractivity contribution in [2.24, 2.45) is 0 Å². The molecule has 1 aromatic heterocycles. The standard InChI is InChI=1S/C20H17FN2O2S/c1-12-11-26-13(2)18(12)23-20(25)15-9-6-10-16(17(15)21)22-19(24)14-7-4-3-5-8-14/h3-11H,1-2H3,(H,22,24)(H,23,25). The van der Waals surface area contributed by atoms with E-state index in [0.29, 0.717) is 11.3 Å². The largest absolute Gasteiger partial charge is 0.321 e. The van der Waals surface area contributed by atoms with Gasteiger partial charge in [0.15, 0.2) is 5.82 Å². The minimum atomic E-state index is -0.764. The smallest absolute Gasteiger partial charge is 0.258 e. The van der Waals surface area contributed by atoms with Crippen LogP contribution in [0.5, 0.6) is 0 Å². The zero-order chi connectivity index (χ0) is 18.7. The highest BCUT2D eigenvalue weighted by Crippen LogP contribution is 2.28. The van der Waals surface area contributed by atoms with Gasteiger partial charge < -0.3 is 10.6 Å². The molecule has 0 bridgehead atoms. The maximum Gasteiger partial charge on any atom is 0.258 e. The van der Waals surface area contributed by atoms with Gasteiger partial charge in [-0.05, 0) is 49.1 Å². The lowest BCUT2D eigenvalue weighted by molar-refractivity contribution is 0.101. The molecule has 3 aromatic rings. The Morgan fingerprint density at radius 1 is 0.923 bits per heavy atom. The van der Waals surface area contributed by atoms with Crippen LogP contribution in [0, 0.1) is 19.7 Å². The maximum atomic E-state index is 14.8. The molecule has 4 nitrogen and oxygen atoms in total. The Balaban J connectivity index is 1.83. The number of carbonyl (C=O) groups excluding carboxylic acids is 2. The zero-order valence-electron chi connectivity index (χ0n) is 14.3. The summed E-state index contributed by atoms with van der Waals surface area (Å²) in [5.41, 5.74) is 1.87. The quantitative estimate of drug-likeness (QED) is 0.680. The fourth-order valence-corrected chi connectivity index (χ4v) is 3.33. The van der Waals surface area contributed by atoms with Crippen molar-refractivity contribution in [3.63, 3.8) is 0 Å². The first-order valence-electron chi connectivity index (χ1n) is 7.98. The van der Waals surface area contributed by atoms with Gasteiger partial charge in [-0.1, -0.05) is 24.3 Å². The van der Waals surface area contributed by atoms with Crippen LogP contribution in [-0.4, -0.2) is 11.8 Å². The number of amides is 2. The van der Waals surface area contributed by atoms with Crippen LogP contribution in [0.25, 0.3) is 0 Å². The Bertz CT molecular complexity index is 948. The average Bonchev–Trinajstić information content (AvgIpc) is 2.96. The maximum absolute atomic E-state index is 14.8. The van der Waals surface area contributed by atoms with Gasteiger partial charge in [0, 0.05) is 10.4 Å². The molecule has 0 aliphatic carbocycles. The molecule has 0 fully saturated rings. The molecule has 0 saturated heterocycles. The second-order valence-electron chi connectivity index (χ2n) is 5.79. The Hall–Kier alpha value is -2.99. The highest BCUT2D eigenvalue weighted by Gasteiger charge is 2.18. The predicted octanol–water partition coefficient (Wildman–Crippen LogP) is 5.01. The highest BCUT2D eigenvalue weighted by molar-refractivity contribution is 7.10. The molecule has 26 heavy (non-hydrogen) atoms. The van der Waals surface area contributed by atoms with E-state index in [-0.39, 0.29) is 11.3 Å². The van der Waals surface area contributed by atoms with Crippen LogP contribution in [0.2, 0.25) is 0 Å². The molecular weight excluding hydrogens is 351 g/mol. The lowest BCUT2D eigenvalue weighted by Crippen LogP contribution is -2.17. The predicted molar refractivity (Wildman–Crippen MR) is 103 cm³/mol. The van der Waals surface area contributed by atoms with Crippen LogP contribution in [0.3, 0.4) is 0 Å². The summed E-state index contributed by atoms with van der Waals surface area (Å²) in [5.74, 6) is -1.76. The number of halogens is 1. The second-order valence-corrected chi connectivity index (χ2v) is 6.88. The molecule has 0 saturated carbocycles. The molecule has 132 valence electrons. The number of thiophene rings is 1. The number of hydrogen-bond acceptors (Lipinski definition) is 3. The van der Waals surface area contributed by atoms with Crippen molar-refractivity contribution in [1.82, 2.24) is 0 Å². The van der Waals surface area contributed by atoms with Gasteiger partial charge in [-0.2, -0.15) is 0 Å². The van der Waals surface area contributed by atoms with E-state index in [0.717, 1.165) is 10.4 Å². The molecule has 1 heterocycles. The van der Waals surface area contributed by atoms with Crippen molar-refractivity contribution in [2.75, 3.05) is 10.6 Å². The van der Waals surface area contributed by atoms with Crippen molar-refractivity contribution in [3.8, 4) is 0 Å². The first kappa shape index (κ1) is 17.8. The van der Waals surface area contributed by atoms with Gasteiger partial charge in [-0.15, -0.1) is 11.3 Å². The minimum Gasteiger partial charge on any atom is -0.321 e. The summed E-state index contributed by atoms with van der Waals surface area (Å²) in [6.07, 6.45) is 0. The minimum absolute atomic E-state index is 0.0368. The van der Waals surface area contributed by atoms with Crippen LogP contribution in [0.15, 0.2) is 53.9 Å². The molecule has 2 amide bonds. The van der Waals surface area contributed by atoms with Gasteiger partial charge in [0.05, 0.1) is 16.9 Å². The molecule has 6 heteroatoms. The van der Waals surface area contributed by atoms with E-state index < -0.39 is 17.6 Å². The van der Waals surface area contributed by atoms with E-state index in [9.17, 15) is 14.0 Å². The first-order valence-corrected chi connectivity index (χ1v) is 8.86. The molecule has 0 aliphatic heterocycles. The zero-order valence-corrected chi connectivity index (χ0v) is 15.1. The third kappa shape index (κ3) is 3.65. The van der Waals surface area contributed by atoms with Crippen LogP contribution in [-0.2, 0) is 0 Å². The molecule has 2 aromatic carbocycles. The van der Waals surface area contributed by atoms with Gasteiger partial charge in [0.1, 0.15) is 0 Å². The molecule has 2 N–H and O–H groups in total. The summed E-state index contributed by atoms with van der Waals surface area (Å²) in [6.45, 7) is 3.77. The summed E-state index contributed by atoms with van der Waals surface area (Å²) < 4.78 is 14.8. The average molecular weight is 368 g/mol. The summed E-state index contributed by atoms with van der Waals surface area (Å²) >= 11 is 1.52. The number of aryl methyl sites for hydroxylation is 2. The van der Waals surface area contributed by atoms with Gasteiger partial charge in [0.2, 0.25) is 0 Å². The molecule has 0 spiro atoms. The van der Waals surface area contributed by atoms with Gasteiger partial charge in [0.25, 0.3) is 11.8 Å². The van der Waals surface area contributed by atoms with Crippen LogP contribution < -0.4 is 10.6 Å². The number of carbonyl (C=O) groups is 2. The van der Waals surface area contributed by atoms with Crippen LogP contribution in [0.1, 0.15) is 31.2 Å². The van der Waals surface area contributed by atoms with E-state index in [1.165, 1.54) is 29.5 Å². The van der Waals surface area contributed by atoms with Crippen LogP contribution >= 0.6 is 11.3 Å². The Labute approximate surface area is 154 Å². The van der Waals surface area contributed by atoms with Crippen molar-refractivity contribution in [1.29, 1.82) is 0 Å². The third-order valence-corrected chi connectivity index (χ3v) is 4.95. The lowest BCUT2D eigenvalue weighted by atomic mass is 10.1. The SMILES string of the molecule is Cc1csc(C)c1NC(=O)c1cccc(NC(=O)c2ccccc2)c1F. The Morgan fingerprint density at radius 2 is 1.65 bits per heavy atom. The van der Waals surface area contributed by atoms with E-state index >= 15 is 0 Å². The molecule has 0 atom stereocenters. The monoisotopic (exact) mass is 368 g/mol. The number of benzene rings is 2. The normalized spacial score (nSPS) is 10.4. The van der Waals surface area contributed by atoms with Crippen molar-refractivity contribution >= 4 is 34.5 Å². The third-order valence-electron chi connectivity index (χ3n) is 3.92. The fraction of sp³-hybridized carbons (Fsp3) is 0.100. The summed E-state index contributed by atoms with van der Waals surface area (Å²) in [5, 5.41) is 7.19. The van der Waals surface area contributed by atoms with E-state index in [1.54, 1.807) is 30.3 Å². The van der Waals surface area contributed by atoms with Gasteiger partial charge >= 0.3 is 0 Å². The molecule has 3 rings (SSSR count). The topological polar surface area (TPSA) is 58.2 Å². The summed E-state index contributed by atoms with van der Waals surface area (Å²) in [7, 11) is 0. The van der Waals surface area contributed by atoms with Gasteiger partial charge in [-0.25, -0.2) is 4.39 Å². The van der Waals surface area contributed by atoms with E-state index in [2.05, 4.69) is 10.6 Å². The summed E-state index contributed by atoms with van der Waals surface area (Å²) in [6, 6.07) is 12.8. The summed E-state index contributed by atoms with van der Waals surface area (Å²) in [4.78, 5) is 25.7. The van der Waals surface area contributed by atoms with E-state index in [4.69, 9.17) is 0 Å². The number of nitrogens with one attached hydrogen (secondary N) is 2. The van der Waals surface area contributed by atoms with E-state index in [1.807, 2.05) is 19.2 Å². The number of anilines is 2. The fourth-order valence-electron chi connectivity index (χ4n) is 2.53. The van der Waals surface area contributed by atoms with Crippen molar-refractivity contribution in [2.45, 2.75) is 13.8 Å². The molecule has 0 aliphatic rings. The molecule has 0 radical (unpaired) electrons. The molecule has 0 unspecified atom stereocenters. The number of rotatable bonds is 4. The van der Waals surface area contributed by atoms with Crippen LogP contribution in [0.4, 0.5) is 15.8 Å². The Morgan fingerprint density at radius 3 is 2.31 bits per heavy atom. The Kier molecular flexibility index (Phi) is 5.14. The first-order chi connectivity index (χ1) is 12.5. The van der Waals surface area contributed by atoms with Crippen molar-refractivity contribution in [3.05, 3.63) is 81.3 Å². The second kappa shape index (κ2) is 7.49.